The number of amides is 1. The second-order valence-electron chi connectivity index (χ2n) is 6.96. The van der Waals surface area contributed by atoms with E-state index in [1.807, 2.05) is 0 Å². The van der Waals surface area contributed by atoms with Crippen molar-refractivity contribution in [2.45, 2.75) is 42.9 Å². The highest BCUT2D eigenvalue weighted by molar-refractivity contribution is 14.1. The Bertz CT molecular complexity index is 905. The monoisotopic (exact) mass is 493 g/mol. The van der Waals surface area contributed by atoms with Gasteiger partial charge in [-0.1, -0.05) is 12.8 Å². The smallest absolute Gasteiger partial charge is 0.410 e. The van der Waals surface area contributed by atoms with Gasteiger partial charge in [-0.25, -0.2) is 17.8 Å². The quantitative estimate of drug-likeness (QED) is 0.585. The molecule has 1 aliphatic heterocycles. The summed E-state index contributed by atoms with van der Waals surface area (Å²) in [6.45, 7) is 1.69. The van der Waals surface area contributed by atoms with Gasteiger partial charge in [0.25, 0.3) is 0 Å². The van der Waals surface area contributed by atoms with Crippen LogP contribution in [0.2, 0.25) is 0 Å². The van der Waals surface area contributed by atoms with Gasteiger partial charge in [-0.05, 0) is 60.6 Å². The number of nitrogens with zero attached hydrogens (tertiary/aromatic N) is 2. The van der Waals surface area contributed by atoms with Gasteiger partial charge in [-0.3, -0.25) is 10.3 Å². The molecule has 0 saturated heterocycles. The van der Waals surface area contributed by atoms with E-state index in [9.17, 15) is 18.5 Å². The van der Waals surface area contributed by atoms with Crippen LogP contribution in [0.1, 0.15) is 38.2 Å². The minimum absolute atomic E-state index is 0.0678. The van der Waals surface area contributed by atoms with E-state index >= 15 is 0 Å². The van der Waals surface area contributed by atoms with Gasteiger partial charge in [0, 0.05) is 16.2 Å². The van der Waals surface area contributed by atoms with E-state index in [0.29, 0.717) is 18.4 Å². The fourth-order valence-electron chi connectivity index (χ4n) is 4.08. The lowest BCUT2D eigenvalue weighted by atomic mass is 9.92. The summed E-state index contributed by atoms with van der Waals surface area (Å²) in [7, 11) is -1.35. The van der Waals surface area contributed by atoms with E-state index < -0.39 is 31.9 Å². The molecule has 1 aliphatic carbocycles. The van der Waals surface area contributed by atoms with Crippen molar-refractivity contribution in [3.8, 4) is 0 Å². The van der Waals surface area contributed by atoms with Crippen molar-refractivity contribution in [2.24, 2.45) is 9.36 Å². The number of nitrogens with one attached hydrogen (secondary N) is 1. The lowest BCUT2D eigenvalue weighted by molar-refractivity contribution is 0.199. The van der Waals surface area contributed by atoms with Crippen LogP contribution < -0.4 is 5.32 Å². The average Bonchev–Trinajstić information content (AvgIpc) is 3.06. The third kappa shape index (κ3) is 3.02. The topological polar surface area (TPSA) is 91.1 Å². The molecule has 142 valence electrons. The Balaban J connectivity index is 2.27. The summed E-state index contributed by atoms with van der Waals surface area (Å²) in [4.78, 5) is 16.0. The summed E-state index contributed by atoms with van der Waals surface area (Å²) in [6.07, 6.45) is 1.53. The highest BCUT2D eigenvalue weighted by atomic mass is 127. The lowest BCUT2D eigenvalue weighted by Crippen LogP contribution is -2.59. The van der Waals surface area contributed by atoms with E-state index in [0.717, 1.165) is 16.4 Å². The Labute approximate surface area is 166 Å². The van der Waals surface area contributed by atoms with Gasteiger partial charge in [-0.15, -0.1) is 0 Å². The molecule has 1 fully saturated rings. The number of amidine groups is 1. The number of aliphatic imine (C=N–C) groups is 1. The highest BCUT2D eigenvalue weighted by Crippen LogP contribution is 2.47. The van der Waals surface area contributed by atoms with E-state index in [2.05, 4.69) is 37.3 Å². The predicted octanol–water partition coefficient (Wildman–Crippen LogP) is 3.74. The summed E-state index contributed by atoms with van der Waals surface area (Å²) in [6, 6.07) is 4.67. The van der Waals surface area contributed by atoms with Crippen molar-refractivity contribution in [3.05, 3.63) is 33.1 Å². The molecule has 2 aliphatic rings. The van der Waals surface area contributed by atoms with Crippen molar-refractivity contribution in [1.82, 2.24) is 5.32 Å². The number of hydrogen-bond acceptors (Lipinski definition) is 4. The largest absolute Gasteiger partial charge is 0.465 e. The summed E-state index contributed by atoms with van der Waals surface area (Å²) in [5.41, 5.74) is -0.855. The maximum Gasteiger partial charge on any atom is 0.410 e. The Morgan fingerprint density at radius 3 is 2.65 bits per heavy atom. The normalized spacial score (nSPS) is 30.1. The number of carbonyl (C=O) groups is 1. The fourth-order valence-corrected chi connectivity index (χ4v) is 7.64. The minimum Gasteiger partial charge on any atom is -0.465 e. The molecule has 1 aromatic rings. The van der Waals surface area contributed by atoms with Gasteiger partial charge in [0.15, 0.2) is 0 Å². The van der Waals surface area contributed by atoms with Crippen LogP contribution in [-0.4, -0.2) is 38.8 Å². The third-order valence-electron chi connectivity index (χ3n) is 5.32. The molecule has 1 unspecified atom stereocenters. The summed E-state index contributed by atoms with van der Waals surface area (Å²) < 4.78 is 32.6. The first-order valence-electron chi connectivity index (χ1n) is 8.34. The van der Waals surface area contributed by atoms with Gasteiger partial charge in [0.2, 0.25) is 0 Å². The fraction of sp³-hybridized carbons (Fsp3) is 0.529. The van der Waals surface area contributed by atoms with Crippen molar-refractivity contribution in [2.75, 3.05) is 12.8 Å². The Kier molecular flexibility index (Phi) is 5.06. The van der Waals surface area contributed by atoms with Gasteiger partial charge in [0.05, 0.1) is 15.5 Å². The lowest BCUT2D eigenvalue weighted by Gasteiger charge is -2.43. The zero-order chi connectivity index (χ0) is 19.2. The average molecular weight is 493 g/mol. The maximum atomic E-state index is 14.6. The van der Waals surface area contributed by atoms with Crippen molar-refractivity contribution < 1.29 is 18.5 Å². The number of hydrogen-bond donors (Lipinski definition) is 2. The first-order chi connectivity index (χ1) is 12.2. The number of carboxylic acid groups (broad SMARTS) is 1. The minimum atomic E-state index is -2.85. The van der Waals surface area contributed by atoms with E-state index in [-0.39, 0.29) is 11.6 Å². The SMILES string of the molecule is CN=S1(=O)C[C@@](C)(c2cc(I)ccc2F)N=C(NC(=O)O)C12CCCC2. The van der Waals surface area contributed by atoms with Crippen LogP contribution in [0, 0.1) is 9.39 Å². The van der Waals surface area contributed by atoms with E-state index in [1.165, 1.54) is 13.1 Å². The van der Waals surface area contributed by atoms with Crippen LogP contribution in [-0.2, 0) is 15.3 Å². The number of benzene rings is 1. The van der Waals surface area contributed by atoms with Gasteiger partial charge < -0.3 is 5.11 Å². The van der Waals surface area contributed by atoms with Crippen LogP contribution in [0.3, 0.4) is 0 Å². The van der Waals surface area contributed by atoms with E-state index in [4.69, 9.17) is 0 Å². The van der Waals surface area contributed by atoms with Crippen molar-refractivity contribution in [3.63, 3.8) is 0 Å². The molecule has 1 heterocycles. The second kappa shape index (κ2) is 6.74. The van der Waals surface area contributed by atoms with E-state index in [1.54, 1.807) is 19.1 Å². The standard InChI is InChI=1S/C17H21FIN3O3S/c1-16(12-9-11(19)5-6-13(12)18)10-26(25,20-2)17(7-3-4-8-17)14(22-16)21-15(23)24/h5-6,9H,3-4,7-8,10H2,1-2H3,(H,21,22)(H,23,24)/t16-,26?/m0/s1. The van der Waals surface area contributed by atoms with Crippen LogP contribution in [0.25, 0.3) is 0 Å². The Morgan fingerprint density at radius 2 is 2.08 bits per heavy atom. The van der Waals surface area contributed by atoms with Crippen molar-refractivity contribution >= 4 is 44.2 Å². The number of rotatable bonds is 1. The molecule has 3 rings (SSSR count). The zero-order valence-electron chi connectivity index (χ0n) is 14.6. The first kappa shape index (κ1) is 19.5. The molecule has 0 radical (unpaired) electrons. The molecular weight excluding hydrogens is 472 g/mol. The molecule has 26 heavy (non-hydrogen) atoms. The molecule has 2 atom stereocenters. The van der Waals surface area contributed by atoms with Gasteiger partial charge in [-0.2, -0.15) is 0 Å². The molecule has 0 bridgehead atoms. The van der Waals surface area contributed by atoms with Gasteiger partial charge >= 0.3 is 6.09 Å². The molecule has 2 N–H and O–H groups in total. The molecule has 1 spiro atoms. The second-order valence-corrected chi connectivity index (χ2v) is 10.9. The number of halogens is 2. The predicted molar refractivity (Wildman–Crippen MR) is 108 cm³/mol. The first-order valence-corrected chi connectivity index (χ1v) is 11.1. The molecule has 1 amide bonds. The molecule has 6 nitrogen and oxygen atoms in total. The van der Waals surface area contributed by atoms with Crippen LogP contribution in [0.15, 0.2) is 27.6 Å². The molecule has 1 saturated carbocycles. The van der Waals surface area contributed by atoms with Gasteiger partial charge in [0.1, 0.15) is 21.9 Å². The summed E-state index contributed by atoms with van der Waals surface area (Å²) in [5.74, 6) is -0.227. The Hall–Kier alpha value is -1.23. The zero-order valence-corrected chi connectivity index (χ0v) is 17.6. The summed E-state index contributed by atoms with van der Waals surface area (Å²) in [5, 5.41) is 11.7. The Morgan fingerprint density at radius 1 is 1.42 bits per heavy atom. The van der Waals surface area contributed by atoms with Crippen molar-refractivity contribution in [1.29, 1.82) is 0 Å². The van der Waals surface area contributed by atoms with Crippen LogP contribution >= 0.6 is 22.6 Å². The highest BCUT2D eigenvalue weighted by Gasteiger charge is 2.55. The molecule has 9 heteroatoms. The van der Waals surface area contributed by atoms with Crippen LogP contribution in [0.4, 0.5) is 9.18 Å². The summed E-state index contributed by atoms with van der Waals surface area (Å²) >= 11 is 2.08. The maximum absolute atomic E-state index is 14.6. The third-order valence-corrected chi connectivity index (χ3v) is 9.35. The molecular formula is C17H21FIN3O3S. The molecule has 1 aromatic carbocycles. The van der Waals surface area contributed by atoms with Crippen LogP contribution in [0.5, 0.6) is 0 Å². The molecule has 0 aromatic heterocycles.